The zero-order valence-electron chi connectivity index (χ0n) is 27.0. The Bertz CT molecular complexity index is 1450. The SMILES string of the molecule is CCOC(OCC)c1ccc(Br)cn1.CCOC(OCC)c1ccc(Nc2cccc(C(F)(F)F)c2)cn1.Nc1cccc(C(F)F)c1. The van der Waals surface area contributed by atoms with Crippen LogP contribution in [-0.4, -0.2) is 36.4 Å². The number of ether oxygens (including phenoxy) is 4. The van der Waals surface area contributed by atoms with Crippen LogP contribution in [0.15, 0.2) is 89.7 Å². The summed E-state index contributed by atoms with van der Waals surface area (Å²) in [5.41, 5.74) is 7.22. The van der Waals surface area contributed by atoms with Crippen molar-refractivity contribution in [1.29, 1.82) is 0 Å². The van der Waals surface area contributed by atoms with Crippen LogP contribution in [-0.2, 0) is 25.1 Å². The molecule has 0 unspecified atom stereocenters. The Kier molecular flexibility index (Phi) is 18.0. The third kappa shape index (κ3) is 14.6. The third-order valence-corrected chi connectivity index (χ3v) is 6.40. The lowest BCUT2D eigenvalue weighted by Gasteiger charge is -2.16. The summed E-state index contributed by atoms with van der Waals surface area (Å²) in [5, 5.41) is 2.90. The highest BCUT2D eigenvalue weighted by molar-refractivity contribution is 9.10. The summed E-state index contributed by atoms with van der Waals surface area (Å²) in [6.07, 6.45) is -4.44. The highest BCUT2D eigenvalue weighted by Crippen LogP contribution is 2.31. The number of nitrogens with zero attached hydrogens (tertiary/aromatic N) is 2. The van der Waals surface area contributed by atoms with Crippen molar-refractivity contribution in [1.82, 2.24) is 9.97 Å². The molecule has 0 amide bonds. The summed E-state index contributed by atoms with van der Waals surface area (Å²) in [7, 11) is 0. The topological polar surface area (TPSA) is 101 Å². The zero-order valence-corrected chi connectivity index (χ0v) is 28.6. The Morgan fingerprint density at radius 3 is 1.67 bits per heavy atom. The van der Waals surface area contributed by atoms with E-state index in [1.807, 2.05) is 39.8 Å². The Balaban J connectivity index is 0.000000280. The van der Waals surface area contributed by atoms with Crippen LogP contribution in [0.4, 0.5) is 39.0 Å². The van der Waals surface area contributed by atoms with Crippen LogP contribution in [0.25, 0.3) is 0 Å². The fraction of sp³-hybridized carbons (Fsp3) is 0.353. The summed E-state index contributed by atoms with van der Waals surface area (Å²) < 4.78 is 84.6. The lowest BCUT2D eigenvalue weighted by Crippen LogP contribution is -2.10. The quantitative estimate of drug-likeness (QED) is 0.0793. The maximum atomic E-state index is 12.7. The summed E-state index contributed by atoms with van der Waals surface area (Å²) in [6.45, 7) is 9.78. The Labute approximate surface area is 285 Å². The molecule has 262 valence electrons. The minimum atomic E-state index is -4.37. The van der Waals surface area contributed by atoms with E-state index >= 15 is 0 Å². The van der Waals surface area contributed by atoms with Gasteiger partial charge in [-0.15, -0.1) is 0 Å². The number of nitrogens with one attached hydrogen (secondary N) is 1. The molecule has 0 aliphatic rings. The number of rotatable bonds is 13. The smallest absolute Gasteiger partial charge is 0.399 e. The summed E-state index contributed by atoms with van der Waals surface area (Å²) in [5.74, 6) is 0. The molecule has 2 heterocycles. The first-order valence-corrected chi connectivity index (χ1v) is 15.8. The van der Waals surface area contributed by atoms with Crippen LogP contribution in [0.1, 0.15) is 69.2 Å². The highest BCUT2D eigenvalue weighted by atomic mass is 79.9. The zero-order chi connectivity index (χ0) is 35.5. The monoisotopic (exact) mass is 742 g/mol. The Morgan fingerprint density at radius 2 is 1.25 bits per heavy atom. The van der Waals surface area contributed by atoms with Crippen LogP contribution in [0.2, 0.25) is 0 Å². The fourth-order valence-corrected chi connectivity index (χ4v) is 4.06. The van der Waals surface area contributed by atoms with Gasteiger partial charge >= 0.3 is 6.18 Å². The fourth-order valence-electron chi connectivity index (χ4n) is 3.82. The van der Waals surface area contributed by atoms with E-state index in [0.29, 0.717) is 49.2 Å². The molecule has 0 fully saturated rings. The van der Waals surface area contributed by atoms with Crippen molar-refractivity contribution in [2.45, 2.75) is 52.9 Å². The number of nitrogen functional groups attached to an aromatic ring is 1. The lowest BCUT2D eigenvalue weighted by atomic mass is 10.2. The van der Waals surface area contributed by atoms with Gasteiger partial charge in [-0.3, -0.25) is 9.97 Å². The normalized spacial score (nSPS) is 11.2. The number of hydrogen-bond donors (Lipinski definition) is 2. The number of hydrogen-bond acceptors (Lipinski definition) is 8. The van der Waals surface area contributed by atoms with Crippen LogP contribution < -0.4 is 11.1 Å². The molecule has 4 rings (SSSR count). The molecule has 0 radical (unpaired) electrons. The Morgan fingerprint density at radius 1 is 0.708 bits per heavy atom. The molecule has 3 N–H and O–H groups in total. The van der Waals surface area contributed by atoms with E-state index in [4.69, 9.17) is 24.7 Å². The molecule has 0 aliphatic carbocycles. The van der Waals surface area contributed by atoms with Gasteiger partial charge in [-0.25, -0.2) is 8.78 Å². The summed E-state index contributed by atoms with van der Waals surface area (Å²) in [4.78, 5) is 8.47. The van der Waals surface area contributed by atoms with Crippen molar-refractivity contribution < 1.29 is 40.9 Å². The van der Waals surface area contributed by atoms with E-state index in [1.165, 1.54) is 30.5 Å². The minimum Gasteiger partial charge on any atom is -0.399 e. The Hall–Kier alpha value is -3.69. The van der Waals surface area contributed by atoms with E-state index in [-0.39, 0.29) is 11.9 Å². The van der Waals surface area contributed by atoms with Gasteiger partial charge < -0.3 is 30.0 Å². The molecule has 48 heavy (non-hydrogen) atoms. The first-order valence-electron chi connectivity index (χ1n) is 15.0. The van der Waals surface area contributed by atoms with Crippen molar-refractivity contribution in [2.24, 2.45) is 0 Å². The van der Waals surface area contributed by atoms with Crippen LogP contribution in [0, 0.1) is 0 Å². The number of pyridine rings is 2. The average Bonchev–Trinajstić information content (AvgIpc) is 3.06. The van der Waals surface area contributed by atoms with Crippen molar-refractivity contribution in [3.05, 3.63) is 112 Å². The highest BCUT2D eigenvalue weighted by Gasteiger charge is 2.30. The second kappa shape index (κ2) is 21.3. The number of anilines is 3. The van der Waals surface area contributed by atoms with Crippen molar-refractivity contribution in [3.63, 3.8) is 0 Å². The van der Waals surface area contributed by atoms with Gasteiger partial charge in [0.15, 0.2) is 0 Å². The lowest BCUT2D eigenvalue weighted by molar-refractivity contribution is -0.142. The molecule has 2 aromatic carbocycles. The molecule has 0 aliphatic heterocycles. The van der Waals surface area contributed by atoms with Gasteiger partial charge in [-0.2, -0.15) is 13.2 Å². The molecular formula is C34H40BrF5N4O4. The molecule has 14 heteroatoms. The molecule has 0 spiro atoms. The molecule has 2 aromatic heterocycles. The molecule has 0 bridgehead atoms. The van der Waals surface area contributed by atoms with E-state index < -0.39 is 24.5 Å². The predicted octanol–water partition coefficient (Wildman–Crippen LogP) is 10.0. The van der Waals surface area contributed by atoms with Gasteiger partial charge in [0.25, 0.3) is 6.43 Å². The minimum absolute atomic E-state index is 0.0278. The number of benzene rings is 2. The summed E-state index contributed by atoms with van der Waals surface area (Å²) >= 11 is 3.33. The maximum absolute atomic E-state index is 12.7. The first-order chi connectivity index (χ1) is 22.9. The number of halogens is 6. The van der Waals surface area contributed by atoms with Gasteiger partial charge in [0.1, 0.15) is 0 Å². The van der Waals surface area contributed by atoms with E-state index in [2.05, 4.69) is 31.2 Å². The van der Waals surface area contributed by atoms with Crippen LogP contribution in [0.5, 0.6) is 0 Å². The predicted molar refractivity (Wildman–Crippen MR) is 179 cm³/mol. The standard InChI is InChI=1S/C17H19F3N2O2.C10H14BrNO2.C7H7F2N/c1-3-23-16(24-4-2)15-9-8-14(11-21-15)22-13-7-5-6-12(10-13)17(18,19)20;1-3-13-10(14-4-2)9-6-5-8(11)7-12-9;8-7(9)5-2-1-3-6(10)4-5/h5-11,16,22H,3-4H2,1-2H3;5-7,10H,3-4H2,1-2H3;1-4,7H,10H2. The maximum Gasteiger partial charge on any atom is 0.416 e. The number of nitrogens with two attached hydrogens (primary N) is 1. The van der Waals surface area contributed by atoms with Crippen molar-refractivity contribution in [2.75, 3.05) is 37.5 Å². The van der Waals surface area contributed by atoms with Gasteiger partial charge in [-0.05, 0) is 98.2 Å². The third-order valence-electron chi connectivity index (χ3n) is 5.93. The number of aromatic nitrogens is 2. The molecule has 4 aromatic rings. The van der Waals surface area contributed by atoms with Crippen molar-refractivity contribution >= 4 is 33.0 Å². The van der Waals surface area contributed by atoms with Crippen LogP contribution in [0.3, 0.4) is 0 Å². The molecule has 0 saturated carbocycles. The summed E-state index contributed by atoms with van der Waals surface area (Å²) in [6, 6.07) is 17.9. The van der Waals surface area contributed by atoms with E-state index in [9.17, 15) is 22.0 Å². The first kappa shape index (κ1) is 40.5. The second-order valence-electron chi connectivity index (χ2n) is 9.53. The molecule has 0 saturated heterocycles. The largest absolute Gasteiger partial charge is 0.416 e. The van der Waals surface area contributed by atoms with Gasteiger partial charge in [0.05, 0.1) is 28.8 Å². The van der Waals surface area contributed by atoms with Crippen molar-refractivity contribution in [3.8, 4) is 0 Å². The van der Waals surface area contributed by atoms with Gasteiger partial charge in [-0.1, -0.05) is 18.2 Å². The molecular weight excluding hydrogens is 703 g/mol. The molecule has 8 nitrogen and oxygen atoms in total. The van der Waals surface area contributed by atoms with Crippen LogP contribution >= 0.6 is 15.9 Å². The second-order valence-corrected chi connectivity index (χ2v) is 10.4. The number of alkyl halides is 5. The van der Waals surface area contributed by atoms with Gasteiger partial charge in [0, 0.05) is 54.0 Å². The van der Waals surface area contributed by atoms with Gasteiger partial charge in [0.2, 0.25) is 12.6 Å². The van der Waals surface area contributed by atoms with E-state index in [1.54, 1.807) is 30.5 Å². The van der Waals surface area contributed by atoms with E-state index in [0.717, 1.165) is 22.3 Å². The molecule has 0 atom stereocenters. The average molecular weight is 744 g/mol.